The summed E-state index contributed by atoms with van der Waals surface area (Å²) in [5.41, 5.74) is 0. The molecular weight excluding hydrogens is 1220 g/mol. The van der Waals surface area contributed by atoms with Crippen molar-refractivity contribution in [2.24, 2.45) is 11.8 Å². The van der Waals surface area contributed by atoms with E-state index >= 15 is 0 Å². The molecule has 0 aromatic carbocycles. The third-order valence-corrected chi connectivity index (χ3v) is 19.1. The predicted octanol–water partition coefficient (Wildman–Crippen LogP) is 21.6. The zero-order chi connectivity index (χ0) is 68.6. The van der Waals surface area contributed by atoms with E-state index in [0.29, 0.717) is 25.7 Å². The maximum atomic E-state index is 13.1. The highest BCUT2D eigenvalue weighted by Crippen LogP contribution is 2.45. The molecule has 0 aliphatic carbocycles. The summed E-state index contributed by atoms with van der Waals surface area (Å²) < 4.78 is 68.4. The van der Waals surface area contributed by atoms with Crippen molar-refractivity contribution in [3.63, 3.8) is 0 Å². The summed E-state index contributed by atoms with van der Waals surface area (Å²) in [5, 5.41) is 10.6. The van der Waals surface area contributed by atoms with E-state index in [1.807, 2.05) is 0 Å². The maximum Gasteiger partial charge on any atom is 0.472 e. The van der Waals surface area contributed by atoms with Crippen molar-refractivity contribution in [2.45, 2.75) is 400 Å². The van der Waals surface area contributed by atoms with Crippen LogP contribution in [0.15, 0.2) is 0 Å². The van der Waals surface area contributed by atoms with Gasteiger partial charge in [-0.2, -0.15) is 0 Å². The molecule has 0 radical (unpaired) electrons. The van der Waals surface area contributed by atoms with Crippen LogP contribution in [0.3, 0.4) is 0 Å². The van der Waals surface area contributed by atoms with Crippen LogP contribution in [0.25, 0.3) is 0 Å². The number of carbonyl (C=O) groups is 4. The number of ether oxygens (including phenoxy) is 4. The van der Waals surface area contributed by atoms with E-state index in [-0.39, 0.29) is 25.7 Å². The molecular formula is C74H144O17P2. The van der Waals surface area contributed by atoms with Gasteiger partial charge in [-0.3, -0.25) is 37.3 Å². The van der Waals surface area contributed by atoms with Gasteiger partial charge in [0.1, 0.15) is 19.3 Å². The maximum absolute atomic E-state index is 13.1. The monoisotopic (exact) mass is 1370 g/mol. The minimum Gasteiger partial charge on any atom is -0.462 e. The molecule has 93 heavy (non-hydrogen) atoms. The second-order valence-electron chi connectivity index (χ2n) is 27.6. The lowest BCUT2D eigenvalue weighted by atomic mass is 10.0. The van der Waals surface area contributed by atoms with Gasteiger partial charge in [-0.05, 0) is 37.5 Å². The number of phosphoric acid groups is 2. The number of hydrogen-bond donors (Lipinski definition) is 3. The van der Waals surface area contributed by atoms with Gasteiger partial charge in [0.05, 0.1) is 26.4 Å². The number of aliphatic hydroxyl groups is 1. The molecule has 2 unspecified atom stereocenters. The van der Waals surface area contributed by atoms with E-state index in [1.165, 1.54) is 199 Å². The number of hydrogen-bond acceptors (Lipinski definition) is 15. The molecule has 0 heterocycles. The number of carbonyl (C=O) groups excluding carboxylic acids is 4. The van der Waals surface area contributed by atoms with E-state index in [4.69, 9.17) is 37.0 Å². The van der Waals surface area contributed by atoms with Crippen LogP contribution in [0.4, 0.5) is 0 Å². The van der Waals surface area contributed by atoms with E-state index in [1.54, 1.807) is 0 Å². The Labute approximate surface area is 568 Å². The number of phosphoric ester groups is 2. The largest absolute Gasteiger partial charge is 0.472 e. The van der Waals surface area contributed by atoms with Crippen molar-refractivity contribution in [1.82, 2.24) is 0 Å². The minimum atomic E-state index is -4.95. The third kappa shape index (κ3) is 68.4. The summed E-state index contributed by atoms with van der Waals surface area (Å²) >= 11 is 0. The molecule has 17 nitrogen and oxygen atoms in total. The van der Waals surface area contributed by atoms with Gasteiger partial charge in [-0.1, -0.05) is 330 Å². The first-order chi connectivity index (χ1) is 44.9. The Kier molecular flexibility index (Phi) is 64.6. The second kappa shape index (κ2) is 66.0. The fraction of sp³-hybridized carbons (Fsp3) is 0.946. The van der Waals surface area contributed by atoms with Gasteiger partial charge >= 0.3 is 39.5 Å². The van der Waals surface area contributed by atoms with Gasteiger partial charge in [-0.15, -0.1) is 0 Å². The van der Waals surface area contributed by atoms with Crippen molar-refractivity contribution in [1.29, 1.82) is 0 Å². The van der Waals surface area contributed by atoms with Crippen molar-refractivity contribution in [2.75, 3.05) is 39.6 Å². The molecule has 552 valence electrons. The molecule has 0 fully saturated rings. The molecule has 0 spiro atoms. The standard InChI is InChI=1S/C74H144O17P2/c1-7-9-11-13-15-17-27-32-40-46-52-58-73(78)90-69(62-84-71(76)56-50-44-38-31-18-16-14-12-10-8-2)64-88-92(80,81)86-60-68(75)61-87-93(82,83)89-65-70(63-85-72(77)57-51-45-39-35-34-37-43-49-55-67(5)6)91-74(79)59-53-47-41-33-29-26-24-22-20-19-21-23-25-28-30-36-42-48-54-66(3)4/h66-70,75H,7-65H2,1-6H3,(H,80,81)(H,82,83)/t68-,69+,70+/m0/s1. The molecule has 0 aromatic heterocycles. The van der Waals surface area contributed by atoms with Crippen molar-refractivity contribution < 1.29 is 80.2 Å². The van der Waals surface area contributed by atoms with Crippen LogP contribution in [0.5, 0.6) is 0 Å². The van der Waals surface area contributed by atoms with E-state index in [9.17, 15) is 43.2 Å². The molecule has 0 aromatic rings. The molecule has 0 saturated heterocycles. The first-order valence-corrected chi connectivity index (χ1v) is 41.5. The van der Waals surface area contributed by atoms with E-state index < -0.39 is 97.5 Å². The summed E-state index contributed by atoms with van der Waals surface area (Å²) in [6.45, 7) is 9.57. The lowest BCUT2D eigenvalue weighted by Gasteiger charge is -2.21. The van der Waals surface area contributed by atoms with Crippen LogP contribution in [0.2, 0.25) is 0 Å². The molecule has 3 N–H and O–H groups in total. The lowest BCUT2D eigenvalue weighted by Crippen LogP contribution is -2.30. The van der Waals surface area contributed by atoms with Gasteiger partial charge in [0.2, 0.25) is 0 Å². The van der Waals surface area contributed by atoms with Crippen LogP contribution in [-0.2, 0) is 65.4 Å². The third-order valence-electron chi connectivity index (χ3n) is 17.2. The normalized spacial score (nSPS) is 14.1. The summed E-state index contributed by atoms with van der Waals surface area (Å²) in [5.74, 6) is -0.573. The summed E-state index contributed by atoms with van der Waals surface area (Å²) in [6.07, 6.45) is 52.8. The predicted molar refractivity (Wildman–Crippen MR) is 377 cm³/mol. The fourth-order valence-corrected chi connectivity index (χ4v) is 12.9. The van der Waals surface area contributed by atoms with E-state index in [2.05, 4.69) is 41.5 Å². The molecule has 5 atom stereocenters. The Morgan fingerprint density at radius 1 is 0.290 bits per heavy atom. The van der Waals surface area contributed by atoms with Gasteiger partial charge in [-0.25, -0.2) is 9.13 Å². The molecule has 0 amide bonds. The topological polar surface area (TPSA) is 237 Å². The van der Waals surface area contributed by atoms with Gasteiger partial charge < -0.3 is 33.8 Å². The number of aliphatic hydroxyl groups excluding tert-OH is 1. The summed E-state index contributed by atoms with van der Waals surface area (Å²) in [6, 6.07) is 0. The highest BCUT2D eigenvalue weighted by Gasteiger charge is 2.30. The average molecular weight is 1370 g/mol. The first-order valence-electron chi connectivity index (χ1n) is 38.5. The average Bonchev–Trinajstić information content (AvgIpc) is 2.71. The molecule has 0 aliphatic rings. The zero-order valence-electron chi connectivity index (χ0n) is 60.6. The van der Waals surface area contributed by atoms with Crippen LogP contribution < -0.4 is 0 Å². The van der Waals surface area contributed by atoms with Crippen LogP contribution in [0.1, 0.15) is 382 Å². The summed E-state index contributed by atoms with van der Waals surface area (Å²) in [7, 11) is -9.90. The molecule has 0 bridgehead atoms. The molecule has 19 heteroatoms. The van der Waals surface area contributed by atoms with Crippen molar-refractivity contribution in [3.05, 3.63) is 0 Å². The number of esters is 4. The van der Waals surface area contributed by atoms with Crippen LogP contribution in [-0.4, -0.2) is 96.7 Å². The fourth-order valence-electron chi connectivity index (χ4n) is 11.3. The number of unbranched alkanes of at least 4 members (excludes halogenated alkanes) is 43. The molecule has 0 rings (SSSR count). The highest BCUT2D eigenvalue weighted by atomic mass is 31.2. The Hall–Kier alpha value is -1.94. The van der Waals surface area contributed by atoms with Gasteiger partial charge in [0, 0.05) is 25.7 Å². The highest BCUT2D eigenvalue weighted by molar-refractivity contribution is 7.47. The van der Waals surface area contributed by atoms with Crippen LogP contribution in [0, 0.1) is 11.8 Å². The lowest BCUT2D eigenvalue weighted by molar-refractivity contribution is -0.161. The Morgan fingerprint density at radius 2 is 0.495 bits per heavy atom. The van der Waals surface area contributed by atoms with Crippen LogP contribution >= 0.6 is 15.6 Å². The second-order valence-corrected chi connectivity index (χ2v) is 30.5. The SMILES string of the molecule is CCCCCCCCCCCCCC(=O)O[C@H](COC(=O)CCCCCCCCCCCC)COP(=O)(O)OC[C@H](O)COP(=O)(O)OC[C@@H](COC(=O)CCCCCCCCCCC(C)C)OC(=O)CCCCCCCCCCCCCCCCCCCCC(C)C. The molecule has 0 saturated carbocycles. The smallest absolute Gasteiger partial charge is 0.462 e. The Morgan fingerprint density at radius 3 is 0.731 bits per heavy atom. The van der Waals surface area contributed by atoms with Crippen molar-refractivity contribution in [3.8, 4) is 0 Å². The van der Waals surface area contributed by atoms with Crippen molar-refractivity contribution >= 4 is 39.5 Å². The van der Waals surface area contributed by atoms with Gasteiger partial charge in [0.15, 0.2) is 12.2 Å². The first kappa shape index (κ1) is 91.1. The Bertz CT molecular complexity index is 1800. The molecule has 0 aliphatic heterocycles. The quantitative estimate of drug-likeness (QED) is 0.0222. The zero-order valence-corrected chi connectivity index (χ0v) is 62.3. The summed E-state index contributed by atoms with van der Waals surface area (Å²) in [4.78, 5) is 72.6. The number of rotatable bonds is 73. The minimum absolute atomic E-state index is 0.107. The van der Waals surface area contributed by atoms with E-state index in [0.717, 1.165) is 102 Å². The van der Waals surface area contributed by atoms with Gasteiger partial charge in [0.25, 0.3) is 0 Å². The Balaban J connectivity index is 5.17.